The van der Waals surface area contributed by atoms with Gasteiger partial charge in [-0.05, 0) is 49.3 Å². The highest BCUT2D eigenvalue weighted by atomic mass is 127. The first kappa shape index (κ1) is 19.3. The van der Waals surface area contributed by atoms with E-state index in [0.29, 0.717) is 31.1 Å². The normalized spacial score (nSPS) is 19.1. The Labute approximate surface area is 161 Å². The third-order valence-electron chi connectivity index (χ3n) is 5.05. The van der Waals surface area contributed by atoms with Gasteiger partial charge in [0.2, 0.25) is 0 Å². The summed E-state index contributed by atoms with van der Waals surface area (Å²) in [6, 6.07) is 9.22. The Kier molecular flexibility index (Phi) is 7.16. The Hall–Kier alpha value is -1.02. The lowest BCUT2D eigenvalue weighted by atomic mass is 9.97. The number of aliphatic imine (C=N–C) groups is 1. The van der Waals surface area contributed by atoms with Gasteiger partial charge in [0, 0.05) is 38.5 Å². The number of anilines is 1. The molecule has 1 saturated carbocycles. The van der Waals surface area contributed by atoms with E-state index in [0.717, 1.165) is 25.9 Å². The van der Waals surface area contributed by atoms with Gasteiger partial charge in [-0.25, -0.2) is 4.99 Å². The molecule has 5 nitrogen and oxygen atoms in total. The second-order valence-corrected chi connectivity index (χ2v) is 6.80. The van der Waals surface area contributed by atoms with E-state index in [1.807, 2.05) is 7.05 Å². The fourth-order valence-corrected chi connectivity index (χ4v) is 3.12. The number of hydrogen-bond acceptors (Lipinski definition) is 3. The molecule has 2 aliphatic rings. The van der Waals surface area contributed by atoms with E-state index in [2.05, 4.69) is 39.1 Å². The van der Waals surface area contributed by atoms with Gasteiger partial charge in [-0.15, -0.1) is 24.0 Å². The first-order chi connectivity index (χ1) is 11.2. The van der Waals surface area contributed by atoms with E-state index < -0.39 is 0 Å². The summed E-state index contributed by atoms with van der Waals surface area (Å²) < 4.78 is 0. The highest BCUT2D eigenvalue weighted by Crippen LogP contribution is 2.25. The van der Waals surface area contributed by atoms with Crippen LogP contribution in [-0.2, 0) is 6.54 Å². The summed E-state index contributed by atoms with van der Waals surface area (Å²) in [6.45, 7) is 3.01. The molecule has 1 aromatic carbocycles. The molecule has 134 valence electrons. The van der Waals surface area contributed by atoms with E-state index in [-0.39, 0.29) is 24.0 Å². The highest BCUT2D eigenvalue weighted by Gasteiger charge is 2.27. The molecule has 3 N–H and O–H groups in total. The quantitative estimate of drug-likeness (QED) is 0.416. The van der Waals surface area contributed by atoms with Gasteiger partial charge in [0.25, 0.3) is 0 Å². The maximum absolute atomic E-state index is 9.22. The summed E-state index contributed by atoms with van der Waals surface area (Å²) in [5.74, 6) is 1.12. The van der Waals surface area contributed by atoms with Crippen LogP contribution in [0.5, 0.6) is 0 Å². The number of rotatable bonds is 5. The monoisotopic (exact) mass is 444 g/mol. The van der Waals surface area contributed by atoms with Crippen molar-refractivity contribution in [2.24, 2.45) is 16.6 Å². The first-order valence-corrected chi connectivity index (χ1v) is 8.65. The van der Waals surface area contributed by atoms with Crippen LogP contribution in [0.1, 0.15) is 31.2 Å². The van der Waals surface area contributed by atoms with Crippen molar-refractivity contribution in [1.82, 2.24) is 4.90 Å². The summed E-state index contributed by atoms with van der Waals surface area (Å²) in [5, 5.41) is 9.22. The van der Waals surface area contributed by atoms with Crippen LogP contribution in [0.25, 0.3) is 0 Å². The number of aliphatic hydroxyl groups is 1. The fraction of sp³-hybridized carbons (Fsp3) is 0.611. The topological polar surface area (TPSA) is 65.1 Å². The lowest BCUT2D eigenvalue weighted by Gasteiger charge is -2.32. The van der Waals surface area contributed by atoms with Crippen molar-refractivity contribution in [2.75, 3.05) is 31.6 Å². The number of nitrogens with zero attached hydrogens (tertiary/aromatic N) is 3. The zero-order chi connectivity index (χ0) is 16.2. The van der Waals surface area contributed by atoms with Crippen molar-refractivity contribution in [3.63, 3.8) is 0 Å². The number of halogens is 1. The minimum Gasteiger partial charge on any atom is -0.396 e. The van der Waals surface area contributed by atoms with Gasteiger partial charge in [0.15, 0.2) is 5.96 Å². The Morgan fingerprint density at radius 2 is 1.83 bits per heavy atom. The number of benzene rings is 1. The number of hydrogen-bond donors (Lipinski definition) is 2. The molecule has 0 spiro atoms. The van der Waals surface area contributed by atoms with Crippen LogP contribution in [-0.4, -0.2) is 48.8 Å². The maximum atomic E-state index is 9.22. The van der Waals surface area contributed by atoms with Crippen LogP contribution < -0.4 is 10.6 Å². The number of guanidine groups is 1. The molecule has 0 bridgehead atoms. The molecule has 0 amide bonds. The van der Waals surface area contributed by atoms with E-state index >= 15 is 0 Å². The predicted octanol–water partition coefficient (Wildman–Crippen LogP) is 2.42. The lowest BCUT2D eigenvalue weighted by molar-refractivity contribution is 0.203. The van der Waals surface area contributed by atoms with Crippen molar-refractivity contribution in [2.45, 2.75) is 38.3 Å². The molecule has 2 fully saturated rings. The van der Waals surface area contributed by atoms with Crippen LogP contribution in [0.3, 0.4) is 0 Å². The van der Waals surface area contributed by atoms with E-state index in [4.69, 9.17) is 5.73 Å². The van der Waals surface area contributed by atoms with Gasteiger partial charge in [-0.1, -0.05) is 12.1 Å². The van der Waals surface area contributed by atoms with Crippen molar-refractivity contribution in [3.05, 3.63) is 29.8 Å². The molecule has 1 saturated heterocycles. The SMILES string of the molecule is CN(C(N)=NCc1ccc(N2CCC(CO)CC2)cc1)C1CC1.I. The van der Waals surface area contributed by atoms with Gasteiger partial charge < -0.3 is 20.6 Å². The summed E-state index contributed by atoms with van der Waals surface area (Å²) in [7, 11) is 2.02. The average Bonchev–Trinajstić information content (AvgIpc) is 3.44. The molecule has 0 atom stereocenters. The Balaban J connectivity index is 0.00000208. The predicted molar refractivity (Wildman–Crippen MR) is 110 cm³/mol. The van der Waals surface area contributed by atoms with Crippen LogP contribution in [0.4, 0.5) is 5.69 Å². The third-order valence-corrected chi connectivity index (χ3v) is 5.05. The Morgan fingerprint density at radius 1 is 1.21 bits per heavy atom. The molecular weight excluding hydrogens is 415 g/mol. The zero-order valence-corrected chi connectivity index (χ0v) is 16.7. The molecule has 6 heteroatoms. The molecule has 0 aromatic heterocycles. The Bertz CT molecular complexity index is 536. The number of aliphatic hydroxyl groups excluding tert-OH is 1. The van der Waals surface area contributed by atoms with Crippen LogP contribution >= 0.6 is 24.0 Å². The van der Waals surface area contributed by atoms with Crippen molar-refractivity contribution in [1.29, 1.82) is 0 Å². The van der Waals surface area contributed by atoms with Crippen molar-refractivity contribution in [3.8, 4) is 0 Å². The van der Waals surface area contributed by atoms with E-state index in [9.17, 15) is 5.11 Å². The van der Waals surface area contributed by atoms with Crippen LogP contribution in [0.15, 0.2) is 29.3 Å². The van der Waals surface area contributed by atoms with Crippen molar-refractivity contribution >= 4 is 35.6 Å². The summed E-state index contributed by atoms with van der Waals surface area (Å²) in [6.07, 6.45) is 4.61. The molecule has 1 aliphatic heterocycles. The van der Waals surface area contributed by atoms with Gasteiger partial charge in [0.05, 0.1) is 6.54 Å². The van der Waals surface area contributed by atoms with Crippen LogP contribution in [0, 0.1) is 5.92 Å². The fourth-order valence-electron chi connectivity index (χ4n) is 3.12. The first-order valence-electron chi connectivity index (χ1n) is 8.65. The summed E-state index contributed by atoms with van der Waals surface area (Å²) in [5.41, 5.74) is 8.47. The zero-order valence-electron chi connectivity index (χ0n) is 14.4. The standard InChI is InChI=1S/C18H28N4O.HI/c1-21(16-6-7-16)18(19)20-12-14-2-4-17(5-3-14)22-10-8-15(13-23)9-11-22;/h2-5,15-16,23H,6-13H2,1H3,(H2,19,20);1H. The Morgan fingerprint density at radius 3 is 2.38 bits per heavy atom. The smallest absolute Gasteiger partial charge is 0.191 e. The molecular formula is C18H29IN4O. The largest absolute Gasteiger partial charge is 0.396 e. The highest BCUT2D eigenvalue weighted by molar-refractivity contribution is 14.0. The summed E-state index contributed by atoms with van der Waals surface area (Å²) in [4.78, 5) is 8.98. The maximum Gasteiger partial charge on any atom is 0.191 e. The van der Waals surface area contributed by atoms with Gasteiger partial charge in [0.1, 0.15) is 0 Å². The van der Waals surface area contributed by atoms with Crippen molar-refractivity contribution < 1.29 is 5.11 Å². The number of nitrogens with two attached hydrogens (primary N) is 1. The molecule has 1 aliphatic carbocycles. The molecule has 0 radical (unpaired) electrons. The van der Waals surface area contributed by atoms with Gasteiger partial charge in [-0.2, -0.15) is 0 Å². The number of piperidine rings is 1. The molecule has 24 heavy (non-hydrogen) atoms. The van der Waals surface area contributed by atoms with Gasteiger partial charge in [-0.3, -0.25) is 0 Å². The lowest BCUT2D eigenvalue weighted by Crippen LogP contribution is -2.35. The second kappa shape index (κ2) is 8.89. The summed E-state index contributed by atoms with van der Waals surface area (Å²) >= 11 is 0. The minimum atomic E-state index is 0. The molecule has 1 heterocycles. The molecule has 3 rings (SSSR count). The molecule has 0 unspecified atom stereocenters. The second-order valence-electron chi connectivity index (χ2n) is 6.80. The average molecular weight is 444 g/mol. The van der Waals surface area contributed by atoms with E-state index in [1.54, 1.807) is 0 Å². The van der Waals surface area contributed by atoms with Gasteiger partial charge >= 0.3 is 0 Å². The van der Waals surface area contributed by atoms with Crippen LogP contribution in [0.2, 0.25) is 0 Å². The van der Waals surface area contributed by atoms with E-state index in [1.165, 1.54) is 24.1 Å². The molecule has 1 aromatic rings. The minimum absolute atomic E-state index is 0. The third kappa shape index (κ3) is 4.99.